The third kappa shape index (κ3) is 6.46. The van der Waals surface area contributed by atoms with E-state index in [1.807, 2.05) is 19.9 Å². The minimum atomic E-state index is -2.86. The summed E-state index contributed by atoms with van der Waals surface area (Å²) < 4.78 is 33.6. The zero-order chi connectivity index (χ0) is 24.2. The smallest absolute Gasteiger partial charge is 0.273 e. The molecule has 3 aromatic carbocycles. The Morgan fingerprint density at radius 2 is 1.61 bits per heavy atom. The number of rotatable bonds is 8. The lowest BCUT2D eigenvalue weighted by atomic mass is 9.98. The van der Waals surface area contributed by atoms with E-state index in [4.69, 9.17) is 27.9 Å². The molecule has 174 valence electrons. The fourth-order valence-corrected chi connectivity index (χ4v) is 4.03. The van der Waals surface area contributed by atoms with Crippen LogP contribution in [-0.4, -0.2) is 5.91 Å². The van der Waals surface area contributed by atoms with Crippen molar-refractivity contribution in [3.8, 4) is 5.75 Å². The van der Waals surface area contributed by atoms with Crippen LogP contribution in [0.2, 0.25) is 10.0 Å². The molecule has 7 heteroatoms. The van der Waals surface area contributed by atoms with Crippen molar-refractivity contribution in [2.45, 2.75) is 45.1 Å². The molecule has 1 N–H and O–H groups in total. The Kier molecular flexibility index (Phi) is 7.65. The molecular weight excluding hydrogens is 467 g/mol. The number of amides is 1. The van der Waals surface area contributed by atoms with Gasteiger partial charge in [-0.3, -0.25) is 4.79 Å². The maximum atomic E-state index is 13.7. The standard InChI is InChI=1S/C26H25Cl2F2NO2/c1-4-26(29,30)18-7-5-17(6-8-18)15-24(32)31-20-10-12-21(13-11-20)33-25(2,3)22-14-9-19(27)16-23(22)28/h5-14,16H,4,15H2,1-3H3,(H,31,32). The lowest BCUT2D eigenvalue weighted by molar-refractivity contribution is -0.115. The van der Waals surface area contributed by atoms with Gasteiger partial charge in [0.1, 0.15) is 11.4 Å². The first-order valence-electron chi connectivity index (χ1n) is 10.5. The van der Waals surface area contributed by atoms with Crippen LogP contribution in [0.1, 0.15) is 43.9 Å². The number of anilines is 1. The molecule has 3 nitrogen and oxygen atoms in total. The van der Waals surface area contributed by atoms with Crippen molar-refractivity contribution in [1.82, 2.24) is 0 Å². The molecule has 0 bridgehead atoms. The largest absolute Gasteiger partial charge is 0.483 e. The van der Waals surface area contributed by atoms with Gasteiger partial charge < -0.3 is 10.1 Å². The third-order valence-corrected chi connectivity index (χ3v) is 5.82. The summed E-state index contributed by atoms with van der Waals surface area (Å²) in [6.45, 7) is 5.24. The van der Waals surface area contributed by atoms with Gasteiger partial charge in [0, 0.05) is 33.3 Å². The number of halogens is 4. The molecule has 0 fully saturated rings. The molecule has 0 atom stereocenters. The van der Waals surface area contributed by atoms with Crippen molar-refractivity contribution in [1.29, 1.82) is 0 Å². The van der Waals surface area contributed by atoms with Gasteiger partial charge >= 0.3 is 0 Å². The maximum absolute atomic E-state index is 13.7. The van der Waals surface area contributed by atoms with Crippen LogP contribution in [0.15, 0.2) is 66.7 Å². The molecule has 3 rings (SSSR count). The number of alkyl halides is 2. The quantitative estimate of drug-likeness (QED) is 0.346. The van der Waals surface area contributed by atoms with Gasteiger partial charge in [-0.2, -0.15) is 0 Å². The van der Waals surface area contributed by atoms with Crippen molar-refractivity contribution < 1.29 is 18.3 Å². The van der Waals surface area contributed by atoms with Gasteiger partial charge in [-0.1, -0.05) is 60.5 Å². The molecule has 0 aliphatic carbocycles. The molecule has 0 spiro atoms. The highest BCUT2D eigenvalue weighted by molar-refractivity contribution is 6.35. The SMILES string of the molecule is CCC(F)(F)c1ccc(CC(=O)Nc2ccc(OC(C)(C)c3ccc(Cl)cc3Cl)cc2)cc1. The van der Waals surface area contributed by atoms with Crippen LogP contribution in [0.25, 0.3) is 0 Å². The van der Waals surface area contributed by atoms with E-state index in [0.717, 1.165) is 5.56 Å². The van der Waals surface area contributed by atoms with Crippen LogP contribution < -0.4 is 10.1 Å². The highest BCUT2D eigenvalue weighted by Crippen LogP contribution is 2.34. The number of carbonyl (C=O) groups excluding carboxylic acids is 1. The van der Waals surface area contributed by atoms with Gasteiger partial charge in [-0.05, 0) is 55.8 Å². The van der Waals surface area contributed by atoms with Gasteiger partial charge in [0.15, 0.2) is 0 Å². The van der Waals surface area contributed by atoms with Crippen LogP contribution >= 0.6 is 23.2 Å². The predicted molar refractivity (Wildman–Crippen MR) is 130 cm³/mol. The van der Waals surface area contributed by atoms with Crippen molar-refractivity contribution in [2.24, 2.45) is 0 Å². The van der Waals surface area contributed by atoms with E-state index in [9.17, 15) is 13.6 Å². The normalized spacial score (nSPS) is 11.8. The number of benzene rings is 3. The molecule has 3 aromatic rings. The number of nitrogens with one attached hydrogen (secondary N) is 1. The molecule has 33 heavy (non-hydrogen) atoms. The van der Waals surface area contributed by atoms with Crippen LogP contribution in [0.5, 0.6) is 5.75 Å². The Balaban J connectivity index is 1.60. The van der Waals surface area contributed by atoms with Gasteiger partial charge in [0.2, 0.25) is 5.91 Å². The van der Waals surface area contributed by atoms with Gasteiger partial charge in [-0.25, -0.2) is 8.78 Å². The van der Waals surface area contributed by atoms with E-state index >= 15 is 0 Å². The van der Waals surface area contributed by atoms with Crippen LogP contribution in [0, 0.1) is 0 Å². The molecule has 0 radical (unpaired) electrons. The zero-order valence-corrected chi connectivity index (χ0v) is 20.1. The first-order chi connectivity index (χ1) is 15.5. The summed E-state index contributed by atoms with van der Waals surface area (Å²) in [6.07, 6.45) is -0.186. The van der Waals surface area contributed by atoms with Gasteiger partial charge in [0.25, 0.3) is 5.92 Å². The minimum Gasteiger partial charge on any atom is -0.483 e. The Labute approximate surface area is 202 Å². The van der Waals surface area contributed by atoms with E-state index in [1.54, 1.807) is 48.5 Å². The summed E-state index contributed by atoms with van der Waals surface area (Å²) in [6, 6.07) is 18.1. The Bertz CT molecular complexity index is 1110. The molecule has 0 aliphatic heterocycles. The molecule has 0 saturated heterocycles. The van der Waals surface area contributed by atoms with Crippen LogP contribution in [0.3, 0.4) is 0 Å². The molecule has 0 unspecified atom stereocenters. The Hall–Kier alpha value is -2.63. The lowest BCUT2D eigenvalue weighted by Gasteiger charge is -2.28. The van der Waals surface area contributed by atoms with E-state index < -0.39 is 11.5 Å². The van der Waals surface area contributed by atoms with E-state index in [1.165, 1.54) is 19.1 Å². The fraction of sp³-hybridized carbons (Fsp3) is 0.269. The van der Waals surface area contributed by atoms with Crippen molar-refractivity contribution in [3.05, 3.63) is 93.5 Å². The fourth-order valence-electron chi connectivity index (χ4n) is 3.39. The maximum Gasteiger partial charge on any atom is 0.273 e. The minimum absolute atomic E-state index is 0.0486. The predicted octanol–water partition coefficient (Wildman–Crippen LogP) is 7.99. The summed E-state index contributed by atoms with van der Waals surface area (Å²) >= 11 is 12.3. The number of hydrogen-bond donors (Lipinski definition) is 1. The van der Waals surface area contributed by atoms with Crippen LogP contribution in [0.4, 0.5) is 14.5 Å². The Morgan fingerprint density at radius 3 is 2.18 bits per heavy atom. The van der Waals surface area contributed by atoms with Crippen molar-refractivity contribution in [2.75, 3.05) is 5.32 Å². The van der Waals surface area contributed by atoms with Gasteiger partial charge in [-0.15, -0.1) is 0 Å². The Morgan fingerprint density at radius 1 is 0.970 bits per heavy atom. The summed E-state index contributed by atoms with van der Waals surface area (Å²) in [7, 11) is 0. The zero-order valence-electron chi connectivity index (χ0n) is 18.6. The lowest BCUT2D eigenvalue weighted by Crippen LogP contribution is -2.25. The second-order valence-corrected chi connectivity index (χ2v) is 9.08. The highest BCUT2D eigenvalue weighted by Gasteiger charge is 2.28. The average Bonchev–Trinajstić information content (AvgIpc) is 2.75. The first kappa shape index (κ1) is 25.0. The summed E-state index contributed by atoms with van der Waals surface area (Å²) in [4.78, 5) is 12.4. The summed E-state index contributed by atoms with van der Waals surface area (Å²) in [5.41, 5.74) is 1.31. The monoisotopic (exact) mass is 491 g/mol. The van der Waals surface area contributed by atoms with Gasteiger partial charge in [0.05, 0.1) is 6.42 Å². The van der Waals surface area contributed by atoms with Crippen molar-refractivity contribution in [3.63, 3.8) is 0 Å². The topological polar surface area (TPSA) is 38.3 Å². The molecule has 1 amide bonds. The molecule has 0 heterocycles. The number of hydrogen-bond acceptors (Lipinski definition) is 2. The summed E-state index contributed by atoms with van der Waals surface area (Å²) in [5, 5.41) is 3.87. The van der Waals surface area contributed by atoms with Crippen LogP contribution in [-0.2, 0) is 22.7 Å². The molecule has 0 saturated carbocycles. The number of ether oxygens (including phenoxy) is 1. The number of carbonyl (C=O) groups is 1. The van der Waals surface area contributed by atoms with E-state index in [-0.39, 0.29) is 24.3 Å². The second-order valence-electron chi connectivity index (χ2n) is 8.24. The average molecular weight is 492 g/mol. The van der Waals surface area contributed by atoms with E-state index in [0.29, 0.717) is 27.0 Å². The van der Waals surface area contributed by atoms with Crippen molar-refractivity contribution >= 4 is 34.8 Å². The molecule has 0 aliphatic rings. The highest BCUT2D eigenvalue weighted by atomic mass is 35.5. The third-order valence-electron chi connectivity index (χ3n) is 5.28. The second kappa shape index (κ2) is 10.1. The molecule has 0 aromatic heterocycles. The first-order valence-corrected chi connectivity index (χ1v) is 11.3. The molecular formula is C26H25Cl2F2NO2. The van der Waals surface area contributed by atoms with E-state index in [2.05, 4.69) is 5.32 Å². The summed E-state index contributed by atoms with van der Waals surface area (Å²) in [5.74, 6) is -2.50.